The van der Waals surface area contributed by atoms with E-state index in [-0.39, 0.29) is 4.90 Å². The predicted molar refractivity (Wildman–Crippen MR) is 108 cm³/mol. The van der Waals surface area contributed by atoms with Gasteiger partial charge in [-0.2, -0.15) is 4.72 Å². The normalized spacial score (nSPS) is 15.6. The van der Waals surface area contributed by atoms with Crippen LogP contribution in [-0.4, -0.2) is 33.5 Å². The van der Waals surface area contributed by atoms with Crippen LogP contribution in [0.5, 0.6) is 0 Å². The quantitative estimate of drug-likeness (QED) is 0.770. The molecule has 0 aliphatic carbocycles. The Kier molecular flexibility index (Phi) is 6.04. The van der Waals surface area contributed by atoms with Crippen LogP contribution in [0.25, 0.3) is 0 Å². The van der Waals surface area contributed by atoms with Crippen LogP contribution in [0.1, 0.15) is 19.8 Å². The molecule has 2 N–H and O–H groups in total. The molecule has 1 heterocycles. The molecule has 1 aliphatic rings. The van der Waals surface area contributed by atoms with Gasteiger partial charge in [-0.3, -0.25) is 4.79 Å². The fourth-order valence-corrected chi connectivity index (χ4v) is 4.47. The number of hydrogen-bond donors (Lipinski definition) is 2. The lowest BCUT2D eigenvalue weighted by atomic mass is 10.2. The number of halogens is 1. The fourth-order valence-electron chi connectivity index (χ4n) is 2.97. The SMILES string of the molecule is C[C@@H](NS(=O)(=O)c1cccc(Cl)c1)C(=O)Nc1ccc(N2CCCC2)cc1. The zero-order chi connectivity index (χ0) is 19.4. The van der Waals surface area contributed by atoms with E-state index in [9.17, 15) is 13.2 Å². The van der Waals surface area contributed by atoms with Gasteiger partial charge in [0, 0.05) is 29.5 Å². The van der Waals surface area contributed by atoms with Crippen molar-refractivity contribution in [3.05, 3.63) is 53.6 Å². The molecule has 0 bridgehead atoms. The Bertz CT molecular complexity index is 910. The summed E-state index contributed by atoms with van der Waals surface area (Å²) in [6.07, 6.45) is 2.39. The first kappa shape index (κ1) is 19.7. The lowest BCUT2D eigenvalue weighted by Crippen LogP contribution is -2.41. The minimum absolute atomic E-state index is 0.0182. The predicted octanol–water partition coefficient (Wildman–Crippen LogP) is 3.25. The molecular weight excluding hydrogens is 386 g/mol. The van der Waals surface area contributed by atoms with E-state index in [1.165, 1.54) is 31.9 Å². The lowest BCUT2D eigenvalue weighted by molar-refractivity contribution is -0.117. The molecule has 1 saturated heterocycles. The van der Waals surface area contributed by atoms with Crippen molar-refractivity contribution >= 4 is 38.9 Å². The summed E-state index contributed by atoms with van der Waals surface area (Å²) >= 11 is 5.84. The second-order valence-corrected chi connectivity index (χ2v) is 8.68. The Morgan fingerprint density at radius 3 is 2.41 bits per heavy atom. The van der Waals surface area contributed by atoms with Gasteiger partial charge in [0.05, 0.1) is 10.9 Å². The number of amides is 1. The highest BCUT2D eigenvalue weighted by Crippen LogP contribution is 2.22. The van der Waals surface area contributed by atoms with Crippen molar-refractivity contribution in [3.63, 3.8) is 0 Å². The molecule has 0 spiro atoms. The monoisotopic (exact) mass is 407 g/mol. The maximum Gasteiger partial charge on any atom is 0.242 e. The second-order valence-electron chi connectivity index (χ2n) is 6.53. The first-order chi connectivity index (χ1) is 12.8. The Morgan fingerprint density at radius 2 is 1.78 bits per heavy atom. The summed E-state index contributed by atoms with van der Waals surface area (Å²) in [6, 6.07) is 12.5. The van der Waals surface area contributed by atoms with Crippen LogP contribution in [0.3, 0.4) is 0 Å². The molecule has 1 atom stereocenters. The molecule has 1 aliphatic heterocycles. The number of carbonyl (C=O) groups excluding carboxylic acids is 1. The molecule has 144 valence electrons. The first-order valence-corrected chi connectivity index (χ1v) is 10.6. The van der Waals surface area contributed by atoms with Gasteiger partial charge < -0.3 is 10.2 Å². The van der Waals surface area contributed by atoms with Gasteiger partial charge in [0.1, 0.15) is 0 Å². The molecule has 3 rings (SSSR count). The summed E-state index contributed by atoms with van der Waals surface area (Å²) in [7, 11) is -3.84. The van der Waals surface area contributed by atoms with Gasteiger partial charge in [-0.1, -0.05) is 17.7 Å². The maximum absolute atomic E-state index is 12.4. The fraction of sp³-hybridized carbons (Fsp3) is 0.316. The number of nitrogens with one attached hydrogen (secondary N) is 2. The van der Waals surface area contributed by atoms with Crippen LogP contribution >= 0.6 is 11.6 Å². The average Bonchev–Trinajstić information content (AvgIpc) is 3.16. The van der Waals surface area contributed by atoms with E-state index < -0.39 is 22.0 Å². The second kappa shape index (κ2) is 8.29. The van der Waals surface area contributed by atoms with Gasteiger partial charge in [0.15, 0.2) is 0 Å². The molecule has 2 aromatic rings. The third-order valence-corrected chi connectivity index (χ3v) is 6.21. The van der Waals surface area contributed by atoms with E-state index in [0.717, 1.165) is 18.8 Å². The molecule has 1 amide bonds. The standard InChI is InChI=1S/C19H22ClN3O3S/c1-14(22-27(25,26)18-6-4-5-15(20)13-18)19(24)21-16-7-9-17(10-8-16)23-11-2-3-12-23/h4-10,13-14,22H,2-3,11-12H2,1H3,(H,21,24)/t14-/m1/s1. The topological polar surface area (TPSA) is 78.5 Å². The Morgan fingerprint density at radius 1 is 1.11 bits per heavy atom. The Hall–Kier alpha value is -2.09. The average molecular weight is 408 g/mol. The van der Waals surface area contributed by atoms with Gasteiger partial charge in [0.25, 0.3) is 0 Å². The van der Waals surface area contributed by atoms with Crippen molar-refractivity contribution in [2.75, 3.05) is 23.3 Å². The molecule has 27 heavy (non-hydrogen) atoms. The summed E-state index contributed by atoms with van der Waals surface area (Å²) in [5.74, 6) is -0.436. The van der Waals surface area contributed by atoms with Crippen molar-refractivity contribution in [1.29, 1.82) is 0 Å². The van der Waals surface area contributed by atoms with Crippen LogP contribution in [0.4, 0.5) is 11.4 Å². The van der Waals surface area contributed by atoms with Crippen molar-refractivity contribution in [2.24, 2.45) is 0 Å². The molecular formula is C19H22ClN3O3S. The molecule has 6 nitrogen and oxygen atoms in total. The number of anilines is 2. The first-order valence-electron chi connectivity index (χ1n) is 8.79. The largest absolute Gasteiger partial charge is 0.372 e. The van der Waals surface area contributed by atoms with Crippen molar-refractivity contribution < 1.29 is 13.2 Å². The van der Waals surface area contributed by atoms with Gasteiger partial charge in [-0.25, -0.2) is 8.42 Å². The summed E-state index contributed by atoms with van der Waals surface area (Å²) in [5.41, 5.74) is 1.75. The number of carbonyl (C=O) groups is 1. The van der Waals surface area contributed by atoms with Crippen LogP contribution in [0.2, 0.25) is 5.02 Å². The summed E-state index contributed by atoms with van der Waals surface area (Å²) in [4.78, 5) is 14.7. The molecule has 0 unspecified atom stereocenters. The highest BCUT2D eigenvalue weighted by atomic mass is 35.5. The number of hydrogen-bond acceptors (Lipinski definition) is 4. The zero-order valence-corrected chi connectivity index (χ0v) is 16.6. The number of nitrogens with zero attached hydrogens (tertiary/aromatic N) is 1. The van der Waals surface area contributed by atoms with Crippen molar-refractivity contribution in [2.45, 2.75) is 30.7 Å². The van der Waals surface area contributed by atoms with Crippen molar-refractivity contribution in [1.82, 2.24) is 4.72 Å². The number of benzene rings is 2. The van der Waals surface area contributed by atoms with E-state index in [1.807, 2.05) is 24.3 Å². The molecule has 1 fully saturated rings. The smallest absolute Gasteiger partial charge is 0.242 e. The summed E-state index contributed by atoms with van der Waals surface area (Å²) in [6.45, 7) is 3.60. The van der Waals surface area contributed by atoms with Gasteiger partial charge in [-0.05, 0) is 62.2 Å². The molecule has 0 aromatic heterocycles. The Balaban J connectivity index is 1.61. The van der Waals surface area contributed by atoms with E-state index in [2.05, 4.69) is 14.9 Å². The van der Waals surface area contributed by atoms with Crippen LogP contribution in [0.15, 0.2) is 53.4 Å². The lowest BCUT2D eigenvalue weighted by Gasteiger charge is -2.18. The van der Waals surface area contributed by atoms with Crippen LogP contribution < -0.4 is 14.9 Å². The zero-order valence-electron chi connectivity index (χ0n) is 15.0. The molecule has 0 saturated carbocycles. The van der Waals surface area contributed by atoms with Crippen LogP contribution in [0, 0.1) is 0 Å². The van der Waals surface area contributed by atoms with E-state index in [4.69, 9.17) is 11.6 Å². The summed E-state index contributed by atoms with van der Waals surface area (Å²) in [5, 5.41) is 3.05. The van der Waals surface area contributed by atoms with E-state index in [0.29, 0.717) is 10.7 Å². The third-order valence-electron chi connectivity index (χ3n) is 4.44. The van der Waals surface area contributed by atoms with E-state index in [1.54, 1.807) is 12.1 Å². The van der Waals surface area contributed by atoms with Crippen LogP contribution in [-0.2, 0) is 14.8 Å². The maximum atomic E-state index is 12.4. The number of sulfonamides is 1. The van der Waals surface area contributed by atoms with Crippen molar-refractivity contribution in [3.8, 4) is 0 Å². The van der Waals surface area contributed by atoms with E-state index >= 15 is 0 Å². The molecule has 0 radical (unpaired) electrons. The van der Waals surface area contributed by atoms with Gasteiger partial charge in [0.2, 0.25) is 15.9 Å². The third kappa shape index (κ3) is 5.00. The van der Waals surface area contributed by atoms with Gasteiger partial charge >= 0.3 is 0 Å². The number of rotatable bonds is 6. The molecule has 2 aromatic carbocycles. The minimum Gasteiger partial charge on any atom is -0.372 e. The Labute approximate surface area is 164 Å². The minimum atomic E-state index is -3.84. The summed E-state index contributed by atoms with van der Waals surface area (Å²) < 4.78 is 27.1. The highest BCUT2D eigenvalue weighted by Gasteiger charge is 2.22. The highest BCUT2D eigenvalue weighted by molar-refractivity contribution is 7.89. The van der Waals surface area contributed by atoms with Gasteiger partial charge in [-0.15, -0.1) is 0 Å². The molecule has 8 heteroatoms.